The molecule has 0 aliphatic carbocycles. The van der Waals surface area contributed by atoms with E-state index in [1.807, 2.05) is 6.07 Å². The van der Waals surface area contributed by atoms with Crippen LogP contribution in [0.3, 0.4) is 0 Å². The third-order valence-corrected chi connectivity index (χ3v) is 3.83. The molecule has 0 radical (unpaired) electrons. The molecule has 0 saturated carbocycles. The van der Waals surface area contributed by atoms with E-state index < -0.39 is 6.04 Å². The summed E-state index contributed by atoms with van der Waals surface area (Å²) < 4.78 is 0. The fourth-order valence-electron chi connectivity index (χ4n) is 2.71. The van der Waals surface area contributed by atoms with Crippen LogP contribution < -0.4 is 11.1 Å². The van der Waals surface area contributed by atoms with Crippen LogP contribution in [0.1, 0.15) is 25.3 Å². The average Bonchev–Trinajstić information content (AvgIpc) is 2.46. The number of hydrogen-bond donors (Lipinski definition) is 2. The first-order chi connectivity index (χ1) is 9.65. The van der Waals surface area contributed by atoms with Crippen molar-refractivity contribution in [2.24, 2.45) is 11.7 Å². The van der Waals surface area contributed by atoms with Gasteiger partial charge in [-0.05, 0) is 37.8 Å². The number of nitrogens with one attached hydrogen (secondary N) is 1. The summed E-state index contributed by atoms with van der Waals surface area (Å²) in [6, 6.07) is 10.1. The topological polar surface area (TPSA) is 58.4 Å². The Kier molecular flexibility index (Phi) is 5.56. The Morgan fingerprint density at radius 1 is 1.45 bits per heavy atom. The molecule has 1 aromatic rings. The molecule has 1 heterocycles. The Balaban J connectivity index is 1.78. The zero-order valence-corrected chi connectivity index (χ0v) is 12.2. The third kappa shape index (κ3) is 4.62. The average molecular weight is 275 g/mol. The largest absolute Gasteiger partial charge is 0.354 e. The van der Waals surface area contributed by atoms with E-state index in [1.165, 1.54) is 18.4 Å². The Hall–Kier alpha value is -1.39. The van der Waals surface area contributed by atoms with Crippen LogP contribution in [0.25, 0.3) is 0 Å². The second kappa shape index (κ2) is 7.41. The summed E-state index contributed by atoms with van der Waals surface area (Å²) >= 11 is 0. The monoisotopic (exact) mass is 275 g/mol. The molecule has 20 heavy (non-hydrogen) atoms. The highest BCUT2D eigenvalue weighted by atomic mass is 16.2. The van der Waals surface area contributed by atoms with Crippen molar-refractivity contribution in [2.75, 3.05) is 19.6 Å². The van der Waals surface area contributed by atoms with Crippen molar-refractivity contribution in [3.05, 3.63) is 35.9 Å². The molecule has 0 spiro atoms. The van der Waals surface area contributed by atoms with Crippen LogP contribution in [0.4, 0.5) is 0 Å². The lowest BCUT2D eigenvalue weighted by atomic mass is 9.97. The van der Waals surface area contributed by atoms with Crippen LogP contribution in [0.5, 0.6) is 0 Å². The van der Waals surface area contributed by atoms with Gasteiger partial charge in [0.05, 0.1) is 6.04 Å². The first-order valence-electron chi connectivity index (χ1n) is 7.44. The van der Waals surface area contributed by atoms with Crippen LogP contribution >= 0.6 is 0 Å². The molecule has 1 fully saturated rings. The van der Waals surface area contributed by atoms with Gasteiger partial charge >= 0.3 is 0 Å². The first-order valence-corrected chi connectivity index (χ1v) is 7.44. The molecule has 1 amide bonds. The van der Waals surface area contributed by atoms with Crippen molar-refractivity contribution in [3.8, 4) is 0 Å². The Morgan fingerprint density at radius 3 is 2.90 bits per heavy atom. The Bertz CT molecular complexity index is 419. The molecule has 110 valence electrons. The fraction of sp³-hybridized carbons (Fsp3) is 0.562. The van der Waals surface area contributed by atoms with Crippen molar-refractivity contribution in [1.29, 1.82) is 0 Å². The van der Waals surface area contributed by atoms with Gasteiger partial charge in [-0.3, -0.25) is 9.69 Å². The lowest BCUT2D eigenvalue weighted by molar-refractivity contribution is -0.122. The number of amides is 1. The van der Waals surface area contributed by atoms with Crippen LogP contribution in [0, 0.1) is 5.92 Å². The molecule has 1 aromatic carbocycles. The van der Waals surface area contributed by atoms with E-state index in [0.717, 1.165) is 26.2 Å². The summed E-state index contributed by atoms with van der Waals surface area (Å²) in [5, 5.41) is 2.95. The van der Waals surface area contributed by atoms with Crippen molar-refractivity contribution >= 4 is 5.91 Å². The highest BCUT2D eigenvalue weighted by Crippen LogP contribution is 2.18. The summed E-state index contributed by atoms with van der Waals surface area (Å²) in [6.07, 6.45) is 2.38. The fourth-order valence-corrected chi connectivity index (χ4v) is 2.71. The molecule has 4 nitrogen and oxygen atoms in total. The van der Waals surface area contributed by atoms with Gasteiger partial charge in [0.25, 0.3) is 0 Å². The summed E-state index contributed by atoms with van der Waals surface area (Å²) in [5.74, 6) is 0.486. The highest BCUT2D eigenvalue weighted by molar-refractivity contribution is 5.80. The van der Waals surface area contributed by atoms with Gasteiger partial charge in [-0.1, -0.05) is 30.3 Å². The number of benzene rings is 1. The van der Waals surface area contributed by atoms with Crippen LogP contribution in [0.2, 0.25) is 0 Å². The van der Waals surface area contributed by atoms with Crippen LogP contribution in [-0.2, 0) is 11.3 Å². The number of carbonyl (C=O) groups is 1. The zero-order valence-electron chi connectivity index (χ0n) is 12.2. The number of likely N-dealkylation sites (tertiary alicyclic amines) is 1. The number of hydrogen-bond acceptors (Lipinski definition) is 3. The summed E-state index contributed by atoms with van der Waals surface area (Å²) in [6.45, 7) is 5.66. The van der Waals surface area contributed by atoms with Gasteiger partial charge in [0.2, 0.25) is 5.91 Å². The Morgan fingerprint density at radius 2 is 2.20 bits per heavy atom. The maximum absolute atomic E-state index is 11.5. The van der Waals surface area contributed by atoms with Crippen molar-refractivity contribution < 1.29 is 4.79 Å². The third-order valence-electron chi connectivity index (χ3n) is 3.83. The van der Waals surface area contributed by atoms with E-state index >= 15 is 0 Å². The van der Waals surface area contributed by atoms with Gasteiger partial charge in [-0.25, -0.2) is 0 Å². The van der Waals surface area contributed by atoms with Gasteiger partial charge in [0.15, 0.2) is 0 Å². The number of piperidine rings is 1. The van der Waals surface area contributed by atoms with Gasteiger partial charge in [0.1, 0.15) is 0 Å². The highest BCUT2D eigenvalue weighted by Gasteiger charge is 2.20. The second-order valence-corrected chi connectivity index (χ2v) is 5.76. The quantitative estimate of drug-likeness (QED) is 0.853. The molecule has 2 rings (SSSR count). The molecule has 0 bridgehead atoms. The molecule has 1 aliphatic rings. The molecular formula is C16H25N3O. The molecule has 1 aliphatic heterocycles. The molecule has 1 saturated heterocycles. The molecule has 1 unspecified atom stereocenters. The van der Waals surface area contributed by atoms with E-state index in [9.17, 15) is 4.79 Å². The molecule has 0 aromatic heterocycles. The van der Waals surface area contributed by atoms with Gasteiger partial charge in [0, 0.05) is 19.6 Å². The van der Waals surface area contributed by atoms with E-state index in [1.54, 1.807) is 6.92 Å². The standard InChI is InChI=1S/C16H25N3O/c1-13(17)16(20)18-10-15-8-5-9-19(12-15)11-14-6-3-2-4-7-14/h2-4,6-7,13,15H,5,8-12,17H2,1H3,(H,18,20)/t13-,15?/m0/s1. The minimum absolute atomic E-state index is 0.0508. The van der Waals surface area contributed by atoms with Crippen LogP contribution in [-0.4, -0.2) is 36.5 Å². The number of nitrogens with zero attached hydrogens (tertiary/aromatic N) is 1. The predicted molar refractivity (Wildman–Crippen MR) is 81.1 cm³/mol. The van der Waals surface area contributed by atoms with E-state index in [2.05, 4.69) is 34.5 Å². The SMILES string of the molecule is C[C@H](N)C(=O)NCC1CCCN(Cc2ccccc2)C1. The van der Waals surface area contributed by atoms with E-state index in [4.69, 9.17) is 5.73 Å². The second-order valence-electron chi connectivity index (χ2n) is 5.76. The van der Waals surface area contributed by atoms with E-state index in [0.29, 0.717) is 5.92 Å². The van der Waals surface area contributed by atoms with Crippen molar-refractivity contribution in [1.82, 2.24) is 10.2 Å². The maximum Gasteiger partial charge on any atom is 0.236 e. The smallest absolute Gasteiger partial charge is 0.236 e. The van der Waals surface area contributed by atoms with Crippen LogP contribution in [0.15, 0.2) is 30.3 Å². The van der Waals surface area contributed by atoms with Crippen molar-refractivity contribution in [3.63, 3.8) is 0 Å². The number of nitrogens with two attached hydrogens (primary N) is 1. The van der Waals surface area contributed by atoms with Gasteiger partial charge in [-0.2, -0.15) is 0 Å². The van der Waals surface area contributed by atoms with E-state index in [-0.39, 0.29) is 5.91 Å². The lowest BCUT2D eigenvalue weighted by Gasteiger charge is -2.33. The Labute approximate surface area is 121 Å². The molecule has 2 atom stereocenters. The lowest BCUT2D eigenvalue weighted by Crippen LogP contribution is -2.44. The molecule has 3 N–H and O–H groups in total. The zero-order chi connectivity index (χ0) is 14.4. The minimum atomic E-state index is -0.418. The molecular weight excluding hydrogens is 250 g/mol. The summed E-state index contributed by atoms with van der Waals surface area (Å²) in [7, 11) is 0. The molecule has 4 heteroatoms. The van der Waals surface area contributed by atoms with Gasteiger partial charge < -0.3 is 11.1 Å². The maximum atomic E-state index is 11.5. The summed E-state index contributed by atoms with van der Waals surface area (Å²) in [5.41, 5.74) is 6.91. The number of carbonyl (C=O) groups excluding carboxylic acids is 1. The van der Waals surface area contributed by atoms with Crippen molar-refractivity contribution in [2.45, 2.75) is 32.4 Å². The normalized spacial score (nSPS) is 21.4. The summed E-state index contributed by atoms with van der Waals surface area (Å²) in [4.78, 5) is 14.0. The number of rotatable bonds is 5. The first kappa shape index (κ1) is 15.0. The minimum Gasteiger partial charge on any atom is -0.354 e. The predicted octanol–water partition coefficient (Wildman–Crippen LogP) is 1.36. The van der Waals surface area contributed by atoms with Gasteiger partial charge in [-0.15, -0.1) is 0 Å².